The predicted molar refractivity (Wildman–Crippen MR) is 157 cm³/mol. The number of hydrogen-bond acceptors (Lipinski definition) is 7. The quantitative estimate of drug-likeness (QED) is 0.196. The number of hydrogen-bond donors (Lipinski definition) is 3. The maximum atomic E-state index is 13.8. The van der Waals surface area contributed by atoms with Crippen molar-refractivity contribution in [3.8, 4) is 23.0 Å². The lowest BCUT2D eigenvalue weighted by molar-refractivity contribution is -0.123. The maximum absolute atomic E-state index is 13.8. The zero-order chi connectivity index (χ0) is 29.6. The molecule has 41 heavy (non-hydrogen) atoms. The van der Waals surface area contributed by atoms with Crippen LogP contribution in [0.5, 0.6) is 23.0 Å². The molecule has 0 aromatic heterocycles. The molecule has 0 unspecified atom stereocenters. The summed E-state index contributed by atoms with van der Waals surface area (Å²) in [6, 6.07) is 18.6. The predicted octanol–water partition coefficient (Wildman–Crippen LogP) is 3.99. The van der Waals surface area contributed by atoms with E-state index >= 15 is 0 Å². The van der Waals surface area contributed by atoms with E-state index in [1.165, 1.54) is 0 Å². The maximum Gasteiger partial charge on any atom is 0.259 e. The van der Waals surface area contributed by atoms with Crippen molar-refractivity contribution in [2.24, 2.45) is 0 Å². The molecule has 3 aromatic carbocycles. The molecule has 4 rings (SSSR count). The number of fused-ring (bicyclic) bond motifs is 1. The molecule has 1 heterocycles. The minimum Gasteiger partial charge on any atom is -0.493 e. The molecule has 1 aliphatic rings. The molecular weight excluding hydrogens is 522 g/mol. The highest BCUT2D eigenvalue weighted by atomic mass is 16.5. The summed E-state index contributed by atoms with van der Waals surface area (Å²) < 4.78 is 21.4. The zero-order valence-electron chi connectivity index (χ0n) is 24.3. The third kappa shape index (κ3) is 6.74. The highest BCUT2D eigenvalue weighted by Crippen LogP contribution is 2.32. The number of nitrogens with one attached hydrogen (secondary N) is 3. The summed E-state index contributed by atoms with van der Waals surface area (Å²) >= 11 is 0. The van der Waals surface area contributed by atoms with E-state index in [1.807, 2.05) is 50.2 Å². The lowest BCUT2D eigenvalue weighted by Crippen LogP contribution is -2.46. The van der Waals surface area contributed by atoms with Gasteiger partial charge < -0.3 is 34.9 Å². The first-order valence-corrected chi connectivity index (χ1v) is 13.3. The van der Waals surface area contributed by atoms with Crippen LogP contribution in [-0.2, 0) is 29.1 Å². The average molecular weight is 560 g/mol. The first kappa shape index (κ1) is 29.3. The van der Waals surface area contributed by atoms with E-state index in [-0.39, 0.29) is 24.2 Å². The van der Waals surface area contributed by atoms with Crippen LogP contribution in [0, 0.1) is 0 Å². The Kier molecular flexibility index (Phi) is 9.07. The Morgan fingerprint density at radius 3 is 1.71 bits per heavy atom. The van der Waals surface area contributed by atoms with Crippen LogP contribution in [0.4, 0.5) is 0 Å². The van der Waals surface area contributed by atoms with Crippen molar-refractivity contribution in [3.05, 3.63) is 88.5 Å². The van der Waals surface area contributed by atoms with E-state index in [9.17, 15) is 9.59 Å². The molecule has 1 aliphatic heterocycles. The molecule has 216 valence electrons. The Labute approximate surface area is 240 Å². The van der Waals surface area contributed by atoms with Gasteiger partial charge in [0.25, 0.3) is 11.8 Å². The van der Waals surface area contributed by atoms with Crippen LogP contribution in [0.3, 0.4) is 0 Å². The Balaban J connectivity index is 1.66. The van der Waals surface area contributed by atoms with Crippen molar-refractivity contribution in [3.63, 3.8) is 0 Å². The number of benzene rings is 3. The second-order valence-corrected chi connectivity index (χ2v) is 10.3. The third-order valence-corrected chi connectivity index (χ3v) is 6.89. The molecule has 3 N–H and O–H groups in total. The first-order valence-electron chi connectivity index (χ1n) is 13.3. The van der Waals surface area contributed by atoms with Gasteiger partial charge in [0.15, 0.2) is 23.0 Å². The van der Waals surface area contributed by atoms with E-state index in [4.69, 9.17) is 18.9 Å². The van der Waals surface area contributed by atoms with E-state index < -0.39 is 11.8 Å². The zero-order valence-corrected chi connectivity index (χ0v) is 24.3. The van der Waals surface area contributed by atoms with E-state index in [0.717, 1.165) is 28.7 Å². The van der Waals surface area contributed by atoms with Gasteiger partial charge in [-0.05, 0) is 61.2 Å². The summed E-state index contributed by atoms with van der Waals surface area (Å²) in [6.07, 6.45) is 0.750. The highest BCUT2D eigenvalue weighted by molar-refractivity contribution is 6.23. The molecule has 2 amide bonds. The van der Waals surface area contributed by atoms with Crippen molar-refractivity contribution >= 4 is 17.5 Å². The molecule has 9 nitrogen and oxygen atoms in total. The monoisotopic (exact) mass is 559 g/mol. The van der Waals surface area contributed by atoms with Crippen molar-refractivity contribution in [1.82, 2.24) is 16.0 Å². The van der Waals surface area contributed by atoms with Gasteiger partial charge in [-0.25, -0.2) is 0 Å². The van der Waals surface area contributed by atoms with Crippen LogP contribution in [0.25, 0.3) is 5.70 Å². The summed E-state index contributed by atoms with van der Waals surface area (Å²) in [5.41, 5.74) is 3.60. The van der Waals surface area contributed by atoms with Crippen LogP contribution in [-0.4, -0.2) is 45.8 Å². The van der Waals surface area contributed by atoms with Gasteiger partial charge >= 0.3 is 0 Å². The minimum absolute atomic E-state index is 0.00572. The summed E-state index contributed by atoms with van der Waals surface area (Å²) in [6.45, 7) is 4.46. The second kappa shape index (κ2) is 12.7. The average Bonchev–Trinajstić information content (AvgIpc) is 2.98. The van der Waals surface area contributed by atoms with E-state index in [0.29, 0.717) is 28.7 Å². The fraction of sp³-hybridized carbons (Fsp3) is 0.312. The van der Waals surface area contributed by atoms with Crippen LogP contribution < -0.4 is 34.9 Å². The summed E-state index contributed by atoms with van der Waals surface area (Å²) in [4.78, 5) is 27.6. The molecule has 0 saturated carbocycles. The SMILES string of the molecule is COc1ccc(CNC(=O)C(C(=O)NCc2ccc(OC)c(OC)c2)=C2NC(C)(C)Cc3ccccc32)cc1OC. The first-order chi connectivity index (χ1) is 19.7. The van der Waals surface area contributed by atoms with Gasteiger partial charge in [0.1, 0.15) is 5.57 Å². The number of ether oxygens (including phenoxy) is 4. The number of rotatable bonds is 10. The molecule has 9 heteroatoms. The van der Waals surface area contributed by atoms with Crippen LogP contribution >= 0.6 is 0 Å². The minimum atomic E-state index is -0.500. The van der Waals surface area contributed by atoms with Crippen LogP contribution in [0.15, 0.2) is 66.2 Å². The van der Waals surface area contributed by atoms with Crippen molar-refractivity contribution in [2.75, 3.05) is 28.4 Å². The van der Waals surface area contributed by atoms with Crippen LogP contribution in [0.2, 0.25) is 0 Å². The molecule has 3 aromatic rings. The van der Waals surface area contributed by atoms with Crippen molar-refractivity contribution < 1.29 is 28.5 Å². The van der Waals surface area contributed by atoms with Crippen molar-refractivity contribution in [1.29, 1.82) is 0 Å². The van der Waals surface area contributed by atoms with Crippen molar-refractivity contribution in [2.45, 2.75) is 38.9 Å². The van der Waals surface area contributed by atoms with Gasteiger partial charge in [-0.1, -0.05) is 36.4 Å². The van der Waals surface area contributed by atoms with Gasteiger partial charge in [0.05, 0.1) is 34.1 Å². The molecule has 0 fully saturated rings. The Morgan fingerprint density at radius 2 is 1.22 bits per heavy atom. The van der Waals surface area contributed by atoms with Gasteiger partial charge in [0, 0.05) is 24.2 Å². The third-order valence-electron chi connectivity index (χ3n) is 6.89. The van der Waals surface area contributed by atoms with Crippen LogP contribution in [0.1, 0.15) is 36.1 Å². The second-order valence-electron chi connectivity index (χ2n) is 10.3. The summed E-state index contributed by atoms with van der Waals surface area (Å²) in [5.74, 6) is 1.28. The fourth-order valence-corrected chi connectivity index (χ4v) is 4.89. The van der Waals surface area contributed by atoms with Gasteiger partial charge in [-0.2, -0.15) is 0 Å². The Bertz CT molecular complexity index is 1390. The Morgan fingerprint density at radius 1 is 0.732 bits per heavy atom. The molecule has 0 radical (unpaired) electrons. The topological polar surface area (TPSA) is 107 Å². The molecule has 0 aliphatic carbocycles. The van der Waals surface area contributed by atoms with Gasteiger partial charge in [0.2, 0.25) is 0 Å². The molecule has 0 spiro atoms. The summed E-state index contributed by atoms with van der Waals surface area (Å²) in [7, 11) is 6.24. The van der Waals surface area contributed by atoms with E-state index in [1.54, 1.807) is 52.7 Å². The largest absolute Gasteiger partial charge is 0.493 e. The summed E-state index contributed by atoms with van der Waals surface area (Å²) in [5, 5.41) is 9.31. The molecular formula is C32H37N3O6. The lowest BCUT2D eigenvalue weighted by Gasteiger charge is -2.36. The highest BCUT2D eigenvalue weighted by Gasteiger charge is 2.33. The van der Waals surface area contributed by atoms with Gasteiger partial charge in [-0.15, -0.1) is 0 Å². The smallest absolute Gasteiger partial charge is 0.259 e. The molecule has 0 saturated heterocycles. The number of amides is 2. The lowest BCUT2D eigenvalue weighted by atomic mass is 9.84. The normalized spacial score (nSPS) is 13.3. The van der Waals surface area contributed by atoms with E-state index in [2.05, 4.69) is 16.0 Å². The molecule has 0 atom stereocenters. The fourth-order valence-electron chi connectivity index (χ4n) is 4.89. The number of carbonyl (C=O) groups is 2. The number of methoxy groups -OCH3 is 4. The number of carbonyl (C=O) groups excluding carboxylic acids is 2. The van der Waals surface area contributed by atoms with Gasteiger partial charge in [-0.3, -0.25) is 9.59 Å². The standard InChI is InChI=1S/C32H37N3O6/c1-32(2)17-22-9-7-8-10-23(22)29(35-32)28(30(36)33-18-20-11-13-24(38-3)26(15-20)40-5)31(37)34-19-21-12-14-25(39-4)27(16-21)41-6/h7-16,35H,17-19H2,1-6H3,(H,33,36)(H,34,37). The molecule has 0 bridgehead atoms. The Hall–Kier alpha value is -4.66.